The number of alkyl halides is 3. The lowest BCUT2D eigenvalue weighted by molar-refractivity contribution is -0.124. The summed E-state index contributed by atoms with van der Waals surface area (Å²) >= 11 is 0. The van der Waals surface area contributed by atoms with Gasteiger partial charge in [-0.2, -0.15) is 5.26 Å². The smallest absolute Gasteiger partial charge is 0.252 e. The van der Waals surface area contributed by atoms with Crippen LogP contribution in [0.15, 0.2) is 54.6 Å². The molecule has 32 heavy (non-hydrogen) atoms. The molecule has 1 aliphatic rings. The number of halogens is 4. The molecule has 0 saturated heterocycles. The SMILES string of the molecule is N#CC1(NC(=O)[C@H](CCC(F)(F)Cc2ccccc2)N[C@H](CF)c2ccc(F)cc2)CC1. The molecule has 3 rings (SSSR count). The zero-order valence-electron chi connectivity index (χ0n) is 17.5. The molecule has 1 amide bonds. The van der Waals surface area contributed by atoms with Gasteiger partial charge in [-0.15, -0.1) is 0 Å². The third kappa shape index (κ3) is 6.54. The molecule has 0 heterocycles. The third-order valence-corrected chi connectivity index (χ3v) is 5.58. The molecule has 2 N–H and O–H groups in total. The zero-order valence-corrected chi connectivity index (χ0v) is 17.5. The molecule has 1 aliphatic carbocycles. The molecular weight excluding hydrogens is 422 g/mol. The molecule has 0 aliphatic heterocycles. The first-order valence-electron chi connectivity index (χ1n) is 10.5. The van der Waals surface area contributed by atoms with Crippen molar-refractivity contribution in [2.24, 2.45) is 0 Å². The molecule has 1 saturated carbocycles. The van der Waals surface area contributed by atoms with Crippen LogP contribution in [0, 0.1) is 17.1 Å². The van der Waals surface area contributed by atoms with Crippen molar-refractivity contribution in [3.8, 4) is 6.07 Å². The zero-order chi connectivity index (χ0) is 23.2. The normalized spacial score (nSPS) is 16.6. The molecule has 0 aromatic heterocycles. The van der Waals surface area contributed by atoms with E-state index in [1.165, 1.54) is 12.1 Å². The molecule has 0 spiro atoms. The number of hydrogen-bond donors (Lipinski definition) is 2. The van der Waals surface area contributed by atoms with Gasteiger partial charge < -0.3 is 5.32 Å². The molecule has 2 aromatic rings. The standard InChI is InChI=1S/C24H25F4N3O/c25-15-21(18-6-8-19(26)9-7-18)30-20(22(32)31-23(16-29)12-13-23)10-11-24(27,28)14-17-4-2-1-3-5-17/h1-9,20-21,30H,10-15H2,(H,31,32)/t20-,21+/m0/s1. The molecule has 170 valence electrons. The number of hydrogen-bond acceptors (Lipinski definition) is 3. The minimum absolute atomic E-state index is 0.259. The summed E-state index contributed by atoms with van der Waals surface area (Å²) in [6.45, 7) is -0.917. The maximum absolute atomic E-state index is 14.6. The van der Waals surface area contributed by atoms with Crippen molar-refractivity contribution in [1.29, 1.82) is 5.26 Å². The van der Waals surface area contributed by atoms with Gasteiger partial charge in [0, 0.05) is 12.8 Å². The first-order valence-corrected chi connectivity index (χ1v) is 10.5. The van der Waals surface area contributed by atoms with E-state index in [4.69, 9.17) is 0 Å². The summed E-state index contributed by atoms with van der Waals surface area (Å²) < 4.78 is 56.2. The monoisotopic (exact) mass is 447 g/mol. The Morgan fingerprint density at radius 2 is 1.78 bits per heavy atom. The lowest BCUT2D eigenvalue weighted by Gasteiger charge is -2.26. The van der Waals surface area contributed by atoms with Gasteiger partial charge in [0.2, 0.25) is 5.91 Å². The Hall–Kier alpha value is -2.92. The Labute approximate surface area is 184 Å². The molecule has 0 unspecified atom stereocenters. The number of carbonyl (C=O) groups is 1. The molecular formula is C24H25F4N3O. The van der Waals surface area contributed by atoms with Crippen molar-refractivity contribution in [2.75, 3.05) is 6.67 Å². The summed E-state index contributed by atoms with van der Waals surface area (Å²) in [5.41, 5.74) is -0.116. The predicted molar refractivity (Wildman–Crippen MR) is 112 cm³/mol. The Balaban J connectivity index is 1.71. The average Bonchev–Trinajstić information content (AvgIpc) is 3.55. The van der Waals surface area contributed by atoms with Crippen LogP contribution in [-0.2, 0) is 11.2 Å². The highest BCUT2D eigenvalue weighted by molar-refractivity contribution is 5.83. The number of nitrogens with one attached hydrogen (secondary N) is 2. The van der Waals surface area contributed by atoms with Crippen LogP contribution in [0.2, 0.25) is 0 Å². The lowest BCUT2D eigenvalue weighted by Crippen LogP contribution is -2.50. The summed E-state index contributed by atoms with van der Waals surface area (Å²) in [5.74, 6) is -4.19. The maximum atomic E-state index is 14.6. The number of carbonyl (C=O) groups excluding carboxylic acids is 1. The number of amides is 1. The topological polar surface area (TPSA) is 64.9 Å². The number of rotatable bonds is 11. The van der Waals surface area contributed by atoms with Gasteiger partial charge in [0.1, 0.15) is 18.0 Å². The second-order valence-electron chi connectivity index (χ2n) is 8.22. The summed E-state index contributed by atoms with van der Waals surface area (Å²) in [6, 6.07) is 13.3. The van der Waals surface area contributed by atoms with Gasteiger partial charge in [-0.3, -0.25) is 10.1 Å². The largest absolute Gasteiger partial charge is 0.336 e. The van der Waals surface area contributed by atoms with Gasteiger partial charge >= 0.3 is 0 Å². The van der Waals surface area contributed by atoms with Crippen molar-refractivity contribution in [3.63, 3.8) is 0 Å². The Morgan fingerprint density at radius 1 is 1.12 bits per heavy atom. The van der Waals surface area contributed by atoms with Crippen molar-refractivity contribution in [2.45, 2.75) is 55.6 Å². The highest BCUT2D eigenvalue weighted by Crippen LogP contribution is 2.35. The fourth-order valence-corrected chi connectivity index (χ4v) is 3.51. The van der Waals surface area contributed by atoms with Crippen LogP contribution in [0.3, 0.4) is 0 Å². The molecule has 0 radical (unpaired) electrons. The molecule has 0 bridgehead atoms. The van der Waals surface area contributed by atoms with E-state index in [9.17, 15) is 27.6 Å². The molecule has 4 nitrogen and oxygen atoms in total. The summed E-state index contributed by atoms with van der Waals surface area (Å²) in [4.78, 5) is 12.8. The average molecular weight is 447 g/mol. The molecule has 8 heteroatoms. The first-order chi connectivity index (χ1) is 15.3. The fraction of sp³-hybridized carbons (Fsp3) is 0.417. The lowest BCUT2D eigenvalue weighted by atomic mass is 9.98. The van der Waals surface area contributed by atoms with E-state index in [-0.39, 0.29) is 6.42 Å². The second-order valence-corrected chi connectivity index (χ2v) is 8.22. The summed E-state index contributed by atoms with van der Waals surface area (Å²) in [6.07, 6.45) is -0.373. The minimum Gasteiger partial charge on any atom is -0.336 e. The van der Waals surface area contributed by atoms with Crippen molar-refractivity contribution >= 4 is 5.91 Å². The molecule has 2 aromatic carbocycles. The van der Waals surface area contributed by atoms with E-state index in [0.29, 0.717) is 24.0 Å². The number of benzene rings is 2. The molecule has 2 atom stereocenters. The second kappa shape index (κ2) is 10.1. The maximum Gasteiger partial charge on any atom is 0.252 e. The minimum atomic E-state index is -3.07. The predicted octanol–water partition coefficient (Wildman–Crippen LogP) is 4.63. The van der Waals surface area contributed by atoms with Gasteiger partial charge in [0.05, 0.1) is 18.2 Å². The summed E-state index contributed by atoms with van der Waals surface area (Å²) in [5, 5.41) is 14.6. The van der Waals surface area contributed by atoms with E-state index >= 15 is 0 Å². The van der Waals surface area contributed by atoms with Gasteiger partial charge in [-0.25, -0.2) is 17.6 Å². The van der Waals surface area contributed by atoms with E-state index in [1.807, 2.05) is 6.07 Å². The first kappa shape index (κ1) is 23.7. The van der Waals surface area contributed by atoms with Crippen LogP contribution in [0.4, 0.5) is 17.6 Å². The van der Waals surface area contributed by atoms with E-state index < -0.39 is 54.8 Å². The van der Waals surface area contributed by atoms with Gasteiger partial charge in [-0.1, -0.05) is 42.5 Å². The van der Waals surface area contributed by atoms with Crippen molar-refractivity contribution in [3.05, 3.63) is 71.5 Å². The van der Waals surface area contributed by atoms with E-state index in [0.717, 1.165) is 12.1 Å². The van der Waals surface area contributed by atoms with Crippen molar-refractivity contribution < 1.29 is 22.4 Å². The fourth-order valence-electron chi connectivity index (χ4n) is 3.51. The van der Waals surface area contributed by atoms with Crippen LogP contribution in [0.1, 0.15) is 42.9 Å². The van der Waals surface area contributed by atoms with E-state index in [1.54, 1.807) is 30.3 Å². The highest BCUT2D eigenvalue weighted by Gasteiger charge is 2.46. The Bertz CT molecular complexity index is 940. The van der Waals surface area contributed by atoms with Crippen LogP contribution in [0.25, 0.3) is 0 Å². The quantitative estimate of drug-likeness (QED) is 0.494. The molecule has 1 fully saturated rings. The van der Waals surface area contributed by atoms with Crippen molar-refractivity contribution in [1.82, 2.24) is 10.6 Å². The van der Waals surface area contributed by atoms with Gasteiger partial charge in [0.15, 0.2) is 0 Å². The number of nitrogens with zero attached hydrogens (tertiary/aromatic N) is 1. The van der Waals surface area contributed by atoms with E-state index in [2.05, 4.69) is 10.6 Å². The van der Waals surface area contributed by atoms with Crippen LogP contribution in [-0.4, -0.2) is 30.1 Å². The van der Waals surface area contributed by atoms with Gasteiger partial charge in [-0.05, 0) is 42.5 Å². The van der Waals surface area contributed by atoms with Crippen LogP contribution >= 0.6 is 0 Å². The van der Waals surface area contributed by atoms with Crippen LogP contribution < -0.4 is 10.6 Å². The van der Waals surface area contributed by atoms with Crippen LogP contribution in [0.5, 0.6) is 0 Å². The Morgan fingerprint density at radius 3 is 2.34 bits per heavy atom. The summed E-state index contributed by atoms with van der Waals surface area (Å²) in [7, 11) is 0. The van der Waals surface area contributed by atoms with Gasteiger partial charge in [0.25, 0.3) is 5.92 Å². The number of nitriles is 1. The Kier molecular flexibility index (Phi) is 7.52. The third-order valence-electron chi connectivity index (χ3n) is 5.58. The highest BCUT2D eigenvalue weighted by atomic mass is 19.3.